The predicted molar refractivity (Wildman–Crippen MR) is 63.1 cm³/mol. The summed E-state index contributed by atoms with van der Waals surface area (Å²) in [5.41, 5.74) is 5.40. The number of nitrogens with one attached hydrogen (secondary N) is 2. The van der Waals surface area contributed by atoms with Gasteiger partial charge in [0.05, 0.1) is 5.54 Å². The number of thioether (sulfide) groups is 1. The first-order valence-electron chi connectivity index (χ1n) is 5.50. The minimum Gasteiger partial charge on any atom is -0.348 e. The van der Waals surface area contributed by atoms with E-state index < -0.39 is 6.04 Å². The number of carbonyl (C=O) groups excluding carboxylic acids is 2. The summed E-state index contributed by atoms with van der Waals surface area (Å²) in [4.78, 5) is 22.9. The summed E-state index contributed by atoms with van der Waals surface area (Å²) >= 11 is 1.15. The van der Waals surface area contributed by atoms with Gasteiger partial charge in [0.15, 0.2) is 0 Å². The van der Waals surface area contributed by atoms with Crippen LogP contribution in [0.2, 0.25) is 0 Å². The molecule has 5 nitrogen and oxygen atoms in total. The lowest BCUT2D eigenvalue weighted by Gasteiger charge is -2.30. The Bertz CT molecular complexity index is 319. The van der Waals surface area contributed by atoms with Gasteiger partial charge < -0.3 is 16.4 Å². The maximum atomic E-state index is 11.9. The third-order valence-corrected chi connectivity index (χ3v) is 4.18. The van der Waals surface area contributed by atoms with Crippen LogP contribution in [0.1, 0.15) is 19.8 Å². The second kappa shape index (κ2) is 4.25. The van der Waals surface area contributed by atoms with Crippen molar-refractivity contribution >= 4 is 22.9 Å². The first kappa shape index (κ1) is 11.7. The molecule has 6 heteroatoms. The van der Waals surface area contributed by atoms with Crippen LogP contribution in [-0.4, -0.2) is 35.0 Å². The molecule has 1 saturated heterocycles. The Hall–Kier alpha value is -0.750. The van der Waals surface area contributed by atoms with Crippen molar-refractivity contribution in [2.24, 2.45) is 11.7 Å². The predicted octanol–water partition coefficient (Wildman–Crippen LogP) is 0.0550. The quantitative estimate of drug-likeness (QED) is 0.651. The highest BCUT2D eigenvalue weighted by molar-refractivity contribution is 8.14. The molecule has 2 aliphatic rings. The zero-order chi connectivity index (χ0) is 11.8. The van der Waals surface area contributed by atoms with Crippen LogP contribution >= 0.6 is 11.8 Å². The lowest BCUT2D eigenvalue weighted by Crippen LogP contribution is -2.57. The van der Waals surface area contributed by atoms with Gasteiger partial charge in [-0.05, 0) is 25.7 Å². The Kier molecular flexibility index (Phi) is 3.12. The summed E-state index contributed by atoms with van der Waals surface area (Å²) in [5.74, 6) is 0.889. The van der Waals surface area contributed by atoms with Crippen molar-refractivity contribution in [1.82, 2.24) is 10.6 Å². The smallest absolute Gasteiger partial charge is 0.279 e. The molecule has 1 unspecified atom stereocenters. The van der Waals surface area contributed by atoms with Gasteiger partial charge in [0.2, 0.25) is 5.91 Å². The van der Waals surface area contributed by atoms with E-state index in [-0.39, 0.29) is 16.7 Å². The summed E-state index contributed by atoms with van der Waals surface area (Å²) in [6, 6.07) is -0.401. The fourth-order valence-corrected chi connectivity index (χ4v) is 2.71. The molecular formula is C10H17N3O2S. The van der Waals surface area contributed by atoms with Gasteiger partial charge >= 0.3 is 0 Å². The van der Waals surface area contributed by atoms with Gasteiger partial charge in [0.25, 0.3) is 5.24 Å². The van der Waals surface area contributed by atoms with Crippen LogP contribution in [0.3, 0.4) is 0 Å². The molecule has 1 aliphatic carbocycles. The molecule has 0 aromatic heterocycles. The Morgan fingerprint density at radius 3 is 2.81 bits per heavy atom. The van der Waals surface area contributed by atoms with Gasteiger partial charge in [-0.3, -0.25) is 9.59 Å². The van der Waals surface area contributed by atoms with Crippen LogP contribution in [-0.2, 0) is 4.79 Å². The van der Waals surface area contributed by atoms with Crippen LogP contribution < -0.4 is 16.4 Å². The molecule has 4 N–H and O–H groups in total. The second-order valence-electron chi connectivity index (χ2n) is 4.68. The van der Waals surface area contributed by atoms with Crippen molar-refractivity contribution < 1.29 is 9.59 Å². The molecule has 16 heavy (non-hydrogen) atoms. The topological polar surface area (TPSA) is 84.2 Å². The average Bonchev–Trinajstić information content (AvgIpc) is 3.02. The van der Waals surface area contributed by atoms with Crippen LogP contribution in [0.15, 0.2) is 0 Å². The zero-order valence-corrected chi connectivity index (χ0v) is 10.1. The molecular weight excluding hydrogens is 226 g/mol. The van der Waals surface area contributed by atoms with E-state index in [2.05, 4.69) is 10.6 Å². The van der Waals surface area contributed by atoms with Gasteiger partial charge in [-0.2, -0.15) is 0 Å². The molecule has 0 aromatic rings. The number of nitrogens with two attached hydrogens (primary N) is 1. The van der Waals surface area contributed by atoms with Gasteiger partial charge in [-0.1, -0.05) is 11.8 Å². The lowest BCUT2D eigenvalue weighted by molar-refractivity contribution is -0.124. The highest BCUT2D eigenvalue weighted by atomic mass is 32.2. The summed E-state index contributed by atoms with van der Waals surface area (Å²) in [6.45, 7) is 2.42. The number of amides is 2. The standard InChI is InChI=1S/C10H17N3O2S/c1-10(5-11,6-2-3-6)13-8(14)7-4-16-9(15)12-7/h6-7H,2-5,11H2,1H3,(H,12,15)(H,13,14)/t7-,10?/m0/s1. The third-order valence-electron chi connectivity index (χ3n) is 3.30. The lowest BCUT2D eigenvalue weighted by atomic mass is 9.95. The number of hydrogen-bond acceptors (Lipinski definition) is 4. The molecule has 0 spiro atoms. The van der Waals surface area contributed by atoms with E-state index in [4.69, 9.17) is 5.73 Å². The molecule has 2 amide bonds. The first-order chi connectivity index (χ1) is 7.55. The molecule has 1 aliphatic heterocycles. The number of hydrogen-bond donors (Lipinski definition) is 3. The Morgan fingerprint density at radius 1 is 1.69 bits per heavy atom. The zero-order valence-electron chi connectivity index (χ0n) is 9.29. The van der Waals surface area contributed by atoms with Crippen molar-refractivity contribution in [2.75, 3.05) is 12.3 Å². The van der Waals surface area contributed by atoms with Crippen molar-refractivity contribution in [3.05, 3.63) is 0 Å². The van der Waals surface area contributed by atoms with E-state index in [0.29, 0.717) is 18.2 Å². The molecule has 0 radical (unpaired) electrons. The van der Waals surface area contributed by atoms with E-state index in [9.17, 15) is 9.59 Å². The molecule has 1 saturated carbocycles. The van der Waals surface area contributed by atoms with E-state index in [1.165, 1.54) is 0 Å². The third kappa shape index (κ3) is 2.32. The first-order valence-corrected chi connectivity index (χ1v) is 6.49. The second-order valence-corrected chi connectivity index (χ2v) is 5.67. The summed E-state index contributed by atoms with van der Waals surface area (Å²) < 4.78 is 0. The monoisotopic (exact) mass is 243 g/mol. The minimum atomic E-state index is -0.401. The van der Waals surface area contributed by atoms with Crippen molar-refractivity contribution in [3.8, 4) is 0 Å². The summed E-state index contributed by atoms with van der Waals surface area (Å²) in [6.07, 6.45) is 2.25. The van der Waals surface area contributed by atoms with E-state index >= 15 is 0 Å². The molecule has 0 aromatic carbocycles. The van der Waals surface area contributed by atoms with Crippen LogP contribution in [0, 0.1) is 5.92 Å². The molecule has 90 valence electrons. The fourth-order valence-electron chi connectivity index (χ4n) is 1.93. The van der Waals surface area contributed by atoms with Gasteiger partial charge in [-0.25, -0.2) is 0 Å². The van der Waals surface area contributed by atoms with E-state index in [1.807, 2.05) is 6.92 Å². The van der Waals surface area contributed by atoms with Gasteiger partial charge in [-0.15, -0.1) is 0 Å². The van der Waals surface area contributed by atoms with E-state index in [1.54, 1.807) is 0 Å². The maximum absolute atomic E-state index is 11.9. The highest BCUT2D eigenvalue weighted by Crippen LogP contribution is 2.39. The van der Waals surface area contributed by atoms with Gasteiger partial charge in [0, 0.05) is 12.3 Å². The maximum Gasteiger partial charge on any atom is 0.279 e. The van der Waals surface area contributed by atoms with Crippen LogP contribution in [0.25, 0.3) is 0 Å². The molecule has 2 fully saturated rings. The normalized spacial score (nSPS) is 28.4. The fraction of sp³-hybridized carbons (Fsp3) is 0.800. The molecule has 1 heterocycles. The molecule has 0 bridgehead atoms. The Morgan fingerprint density at radius 2 is 2.38 bits per heavy atom. The summed E-state index contributed by atoms with van der Waals surface area (Å²) in [5, 5.41) is 5.48. The number of carbonyl (C=O) groups is 2. The minimum absolute atomic E-state index is 0.113. The van der Waals surface area contributed by atoms with Crippen molar-refractivity contribution in [2.45, 2.75) is 31.3 Å². The number of rotatable bonds is 4. The van der Waals surface area contributed by atoms with Crippen molar-refractivity contribution in [1.29, 1.82) is 0 Å². The molecule has 2 rings (SSSR count). The van der Waals surface area contributed by atoms with Gasteiger partial charge in [0.1, 0.15) is 6.04 Å². The molecule has 2 atom stereocenters. The summed E-state index contributed by atoms with van der Waals surface area (Å²) in [7, 11) is 0. The Labute approximate surface area is 98.9 Å². The van der Waals surface area contributed by atoms with Crippen LogP contribution in [0.5, 0.6) is 0 Å². The average molecular weight is 243 g/mol. The van der Waals surface area contributed by atoms with Crippen LogP contribution in [0.4, 0.5) is 4.79 Å². The Balaban J connectivity index is 1.92. The van der Waals surface area contributed by atoms with E-state index in [0.717, 1.165) is 24.6 Å². The largest absolute Gasteiger partial charge is 0.348 e. The SMILES string of the molecule is CC(CN)(NC(=O)[C@@H]1CSC(=O)N1)C1CC1. The highest BCUT2D eigenvalue weighted by Gasteiger charge is 2.43. The van der Waals surface area contributed by atoms with Crippen molar-refractivity contribution in [3.63, 3.8) is 0 Å².